The van der Waals surface area contributed by atoms with E-state index < -0.39 is 0 Å². The van der Waals surface area contributed by atoms with Gasteiger partial charge in [-0.2, -0.15) is 0 Å². The SMILES string of the molecule is Cc1cc(CNc2ccccc2NCc2cc(C)cc(C(C)(C)C)c2O)c(O)c(C(C)(C)C)c1. The molecule has 4 heteroatoms. The zero-order valence-corrected chi connectivity index (χ0v) is 21.9. The lowest BCUT2D eigenvalue weighted by molar-refractivity contribution is 0.440. The molecule has 0 radical (unpaired) electrons. The van der Waals surface area contributed by atoms with Gasteiger partial charge in [-0.3, -0.25) is 0 Å². The quantitative estimate of drug-likeness (QED) is 0.307. The van der Waals surface area contributed by atoms with E-state index in [1.807, 2.05) is 36.4 Å². The average Bonchev–Trinajstić information content (AvgIpc) is 2.73. The molecule has 182 valence electrons. The second-order valence-electron chi connectivity index (χ2n) is 11.4. The molecule has 0 unspecified atom stereocenters. The molecule has 4 N–H and O–H groups in total. The number of nitrogens with one attached hydrogen (secondary N) is 2. The van der Waals surface area contributed by atoms with Crippen LogP contribution in [0.5, 0.6) is 11.5 Å². The summed E-state index contributed by atoms with van der Waals surface area (Å²) in [6.45, 7) is 17.8. The molecule has 0 saturated heterocycles. The molecule has 0 amide bonds. The Morgan fingerprint density at radius 3 is 1.29 bits per heavy atom. The van der Waals surface area contributed by atoms with Crippen LogP contribution in [0.25, 0.3) is 0 Å². The van der Waals surface area contributed by atoms with Crippen LogP contribution in [0, 0.1) is 13.8 Å². The van der Waals surface area contributed by atoms with Gasteiger partial charge in [0.2, 0.25) is 0 Å². The number of aryl methyl sites for hydroxylation is 2. The molecule has 0 saturated carbocycles. The minimum absolute atomic E-state index is 0.133. The van der Waals surface area contributed by atoms with Crippen LogP contribution in [-0.4, -0.2) is 10.2 Å². The first-order valence-corrected chi connectivity index (χ1v) is 12.0. The van der Waals surface area contributed by atoms with Crippen LogP contribution < -0.4 is 10.6 Å². The van der Waals surface area contributed by atoms with E-state index in [0.717, 1.165) is 44.8 Å². The molecule has 0 aromatic heterocycles. The fourth-order valence-electron chi connectivity index (χ4n) is 4.29. The molecule has 0 fully saturated rings. The summed E-state index contributed by atoms with van der Waals surface area (Å²) in [4.78, 5) is 0. The van der Waals surface area contributed by atoms with E-state index in [-0.39, 0.29) is 10.8 Å². The molecule has 0 spiro atoms. The van der Waals surface area contributed by atoms with Crippen LogP contribution in [0.4, 0.5) is 11.4 Å². The van der Waals surface area contributed by atoms with Crippen molar-refractivity contribution in [2.24, 2.45) is 0 Å². The number of para-hydroxylation sites is 2. The van der Waals surface area contributed by atoms with Crippen LogP contribution in [0.15, 0.2) is 48.5 Å². The molecule has 0 aliphatic heterocycles. The van der Waals surface area contributed by atoms with Crippen LogP contribution in [0.2, 0.25) is 0 Å². The normalized spacial score (nSPS) is 12.0. The van der Waals surface area contributed by atoms with E-state index in [1.54, 1.807) is 0 Å². The van der Waals surface area contributed by atoms with Crippen molar-refractivity contribution >= 4 is 11.4 Å². The Hall–Kier alpha value is -3.14. The smallest absolute Gasteiger partial charge is 0.124 e. The lowest BCUT2D eigenvalue weighted by Gasteiger charge is -2.24. The van der Waals surface area contributed by atoms with Crippen molar-refractivity contribution in [2.75, 3.05) is 10.6 Å². The number of benzene rings is 3. The van der Waals surface area contributed by atoms with Crippen LogP contribution in [-0.2, 0) is 23.9 Å². The van der Waals surface area contributed by atoms with Gasteiger partial charge in [0, 0.05) is 24.2 Å². The van der Waals surface area contributed by atoms with Gasteiger partial charge in [-0.1, -0.05) is 89.1 Å². The number of hydrogen-bond acceptors (Lipinski definition) is 4. The molecule has 3 aromatic rings. The van der Waals surface area contributed by atoms with Crippen molar-refractivity contribution in [3.8, 4) is 11.5 Å². The molecule has 3 aromatic carbocycles. The van der Waals surface area contributed by atoms with Crippen molar-refractivity contribution in [1.82, 2.24) is 0 Å². The van der Waals surface area contributed by atoms with E-state index in [2.05, 4.69) is 78.2 Å². The van der Waals surface area contributed by atoms with Crippen molar-refractivity contribution in [1.29, 1.82) is 0 Å². The molecule has 0 bridgehead atoms. The first-order chi connectivity index (χ1) is 15.8. The minimum atomic E-state index is -0.133. The van der Waals surface area contributed by atoms with Gasteiger partial charge in [-0.25, -0.2) is 0 Å². The first-order valence-electron chi connectivity index (χ1n) is 12.0. The average molecular weight is 461 g/mol. The fraction of sp³-hybridized carbons (Fsp3) is 0.400. The zero-order chi connectivity index (χ0) is 25.3. The molecule has 34 heavy (non-hydrogen) atoms. The predicted molar refractivity (Wildman–Crippen MR) is 144 cm³/mol. The summed E-state index contributed by atoms with van der Waals surface area (Å²) >= 11 is 0. The van der Waals surface area contributed by atoms with Crippen LogP contribution in [0.3, 0.4) is 0 Å². The van der Waals surface area contributed by atoms with E-state index in [4.69, 9.17) is 0 Å². The summed E-state index contributed by atoms with van der Waals surface area (Å²) < 4.78 is 0. The monoisotopic (exact) mass is 460 g/mol. The zero-order valence-electron chi connectivity index (χ0n) is 21.9. The Morgan fingerprint density at radius 1 is 0.618 bits per heavy atom. The summed E-state index contributed by atoms with van der Waals surface area (Å²) in [5.41, 5.74) is 7.58. The van der Waals surface area contributed by atoms with Gasteiger partial charge in [-0.05, 0) is 47.9 Å². The maximum Gasteiger partial charge on any atom is 0.124 e. The maximum absolute atomic E-state index is 10.9. The van der Waals surface area contributed by atoms with E-state index in [0.29, 0.717) is 24.6 Å². The predicted octanol–water partition coefficient (Wildman–Crippen LogP) is 7.53. The summed E-state index contributed by atoms with van der Waals surface area (Å²) in [6.07, 6.45) is 0. The largest absolute Gasteiger partial charge is 0.507 e. The summed E-state index contributed by atoms with van der Waals surface area (Å²) in [7, 11) is 0. The molecular weight excluding hydrogens is 420 g/mol. The third-order valence-electron chi connectivity index (χ3n) is 6.15. The van der Waals surface area contributed by atoms with Crippen molar-refractivity contribution in [3.63, 3.8) is 0 Å². The molecule has 0 aliphatic carbocycles. The molecule has 0 atom stereocenters. The summed E-state index contributed by atoms with van der Waals surface area (Å²) in [5.74, 6) is 0.714. The Kier molecular flexibility index (Phi) is 7.21. The highest BCUT2D eigenvalue weighted by Crippen LogP contribution is 2.36. The molecule has 3 rings (SSSR count). The molecule has 0 heterocycles. The highest BCUT2D eigenvalue weighted by atomic mass is 16.3. The fourth-order valence-corrected chi connectivity index (χ4v) is 4.29. The van der Waals surface area contributed by atoms with Gasteiger partial charge in [0.15, 0.2) is 0 Å². The van der Waals surface area contributed by atoms with Gasteiger partial charge in [0.25, 0.3) is 0 Å². The van der Waals surface area contributed by atoms with Gasteiger partial charge in [-0.15, -0.1) is 0 Å². The summed E-state index contributed by atoms with van der Waals surface area (Å²) in [6, 6.07) is 16.2. The molecule has 0 aliphatic rings. The Labute approximate surface area is 205 Å². The van der Waals surface area contributed by atoms with E-state index >= 15 is 0 Å². The lowest BCUT2D eigenvalue weighted by Crippen LogP contribution is -2.14. The minimum Gasteiger partial charge on any atom is -0.507 e. The number of phenolic OH excluding ortho intramolecular Hbond substituents is 2. The molecule has 4 nitrogen and oxygen atoms in total. The second kappa shape index (κ2) is 9.61. The maximum atomic E-state index is 10.9. The van der Waals surface area contributed by atoms with E-state index in [9.17, 15) is 10.2 Å². The standard InChI is InChI=1S/C30H40N2O2/c1-19-13-21(27(33)23(15-19)29(3,4)5)17-31-25-11-9-10-12-26(25)32-18-22-14-20(2)16-24(28(22)34)30(6,7)8/h9-16,31-34H,17-18H2,1-8H3. The number of aromatic hydroxyl groups is 2. The van der Waals surface area contributed by atoms with Gasteiger partial charge >= 0.3 is 0 Å². The lowest BCUT2D eigenvalue weighted by atomic mass is 9.84. The highest BCUT2D eigenvalue weighted by Gasteiger charge is 2.22. The third kappa shape index (κ3) is 5.85. The Morgan fingerprint density at radius 2 is 0.971 bits per heavy atom. The van der Waals surface area contributed by atoms with Crippen molar-refractivity contribution in [2.45, 2.75) is 79.3 Å². The van der Waals surface area contributed by atoms with Crippen molar-refractivity contribution in [3.05, 3.63) is 81.9 Å². The van der Waals surface area contributed by atoms with Crippen LogP contribution in [0.1, 0.15) is 74.9 Å². The van der Waals surface area contributed by atoms with Crippen molar-refractivity contribution < 1.29 is 10.2 Å². The van der Waals surface area contributed by atoms with Gasteiger partial charge in [0.1, 0.15) is 11.5 Å². The topological polar surface area (TPSA) is 64.5 Å². The Bertz CT molecular complexity index is 1080. The third-order valence-corrected chi connectivity index (χ3v) is 6.15. The number of anilines is 2. The summed E-state index contributed by atoms with van der Waals surface area (Å²) in [5, 5.41) is 28.8. The van der Waals surface area contributed by atoms with E-state index in [1.165, 1.54) is 0 Å². The number of rotatable bonds is 6. The first kappa shape index (κ1) is 25.5. The Balaban J connectivity index is 1.82. The number of hydrogen-bond donors (Lipinski definition) is 4. The highest BCUT2D eigenvalue weighted by molar-refractivity contribution is 5.69. The van der Waals surface area contributed by atoms with Gasteiger partial charge < -0.3 is 20.8 Å². The number of phenols is 2. The van der Waals surface area contributed by atoms with Crippen LogP contribution >= 0.6 is 0 Å². The second-order valence-corrected chi connectivity index (χ2v) is 11.4. The molecular formula is C30H40N2O2. The van der Waals surface area contributed by atoms with Gasteiger partial charge in [0.05, 0.1) is 11.4 Å².